The highest BCUT2D eigenvalue weighted by Crippen LogP contribution is 2.25. The second-order valence-corrected chi connectivity index (χ2v) is 8.87. The van der Waals surface area contributed by atoms with Crippen LogP contribution in [0.1, 0.15) is 61.8 Å². The number of nitrogens with one attached hydrogen (secondary N) is 1. The molecule has 0 aliphatic carbocycles. The molecule has 0 saturated carbocycles. The van der Waals surface area contributed by atoms with Gasteiger partial charge in [-0.25, -0.2) is 0 Å². The maximum Gasteiger partial charge on any atom is 0.251 e. The van der Waals surface area contributed by atoms with Crippen LogP contribution in [-0.4, -0.2) is 28.5 Å². The number of para-hydroxylation sites is 1. The molecule has 0 saturated heterocycles. The van der Waals surface area contributed by atoms with E-state index in [1.807, 2.05) is 98.2 Å². The van der Waals surface area contributed by atoms with Gasteiger partial charge in [-0.05, 0) is 56.2 Å². The molecule has 0 bridgehead atoms. The standard InChI is InChI=1S/C30H31N3O3/c1-20-28(22(3)33(32-20)21(2)25-9-8-10-26(17-25)30(35)31-4)18-29(34)24-15-13-23(14-16-24)19-36-27-11-6-5-7-12-27/h5-17,21H,18-19H2,1-4H3,(H,31,35). The molecular formula is C30H31N3O3. The lowest BCUT2D eigenvalue weighted by molar-refractivity contribution is 0.0961. The molecule has 36 heavy (non-hydrogen) atoms. The molecule has 6 heteroatoms. The minimum absolute atomic E-state index is 0.0468. The Labute approximate surface area is 211 Å². The third-order valence-corrected chi connectivity index (χ3v) is 6.46. The first-order valence-corrected chi connectivity index (χ1v) is 12.0. The van der Waals surface area contributed by atoms with Gasteiger partial charge in [-0.2, -0.15) is 5.10 Å². The SMILES string of the molecule is CNC(=O)c1cccc(C(C)n2nc(C)c(CC(=O)c3ccc(COc4ccccc4)cc3)c2C)c1. The molecule has 1 heterocycles. The van der Waals surface area contributed by atoms with Gasteiger partial charge in [0.1, 0.15) is 12.4 Å². The molecule has 3 aromatic carbocycles. The van der Waals surface area contributed by atoms with Crippen LogP contribution in [0.15, 0.2) is 78.9 Å². The summed E-state index contributed by atoms with van der Waals surface area (Å²) in [5, 5.41) is 7.40. The minimum atomic E-state index is -0.124. The Hall–Kier alpha value is -4.19. The van der Waals surface area contributed by atoms with Crippen LogP contribution in [0.5, 0.6) is 5.75 Å². The zero-order chi connectivity index (χ0) is 25.7. The van der Waals surface area contributed by atoms with E-state index in [0.717, 1.165) is 33.8 Å². The fourth-order valence-corrected chi connectivity index (χ4v) is 4.29. The van der Waals surface area contributed by atoms with Gasteiger partial charge >= 0.3 is 0 Å². The number of hydrogen-bond acceptors (Lipinski definition) is 4. The highest BCUT2D eigenvalue weighted by Gasteiger charge is 2.20. The van der Waals surface area contributed by atoms with Crippen LogP contribution in [0.4, 0.5) is 0 Å². The summed E-state index contributed by atoms with van der Waals surface area (Å²) in [5.41, 5.74) is 5.98. The molecular weight excluding hydrogens is 450 g/mol. The van der Waals surface area contributed by atoms with Gasteiger partial charge in [-0.1, -0.05) is 54.6 Å². The normalized spacial score (nSPS) is 11.7. The van der Waals surface area contributed by atoms with Crippen molar-refractivity contribution < 1.29 is 14.3 Å². The Morgan fingerprint density at radius 2 is 1.67 bits per heavy atom. The van der Waals surface area contributed by atoms with Gasteiger partial charge in [-0.15, -0.1) is 0 Å². The Kier molecular flexibility index (Phi) is 7.64. The molecule has 1 atom stereocenters. The first-order chi connectivity index (χ1) is 17.4. The fraction of sp³-hybridized carbons (Fsp3) is 0.233. The predicted octanol–water partition coefficient (Wildman–Crippen LogP) is 5.47. The number of ether oxygens (including phenoxy) is 1. The van der Waals surface area contributed by atoms with Gasteiger partial charge in [0.15, 0.2) is 5.78 Å². The molecule has 184 valence electrons. The van der Waals surface area contributed by atoms with E-state index in [4.69, 9.17) is 9.84 Å². The fourth-order valence-electron chi connectivity index (χ4n) is 4.29. The summed E-state index contributed by atoms with van der Waals surface area (Å²) >= 11 is 0. The molecule has 1 N–H and O–H groups in total. The third kappa shape index (κ3) is 5.54. The van der Waals surface area contributed by atoms with Crippen molar-refractivity contribution in [3.05, 3.63) is 118 Å². The van der Waals surface area contributed by atoms with E-state index in [1.165, 1.54) is 0 Å². The van der Waals surface area contributed by atoms with Gasteiger partial charge in [0.05, 0.1) is 11.7 Å². The highest BCUT2D eigenvalue weighted by molar-refractivity contribution is 5.97. The second kappa shape index (κ2) is 11.0. The maximum absolute atomic E-state index is 13.1. The van der Waals surface area contributed by atoms with E-state index in [0.29, 0.717) is 17.7 Å². The second-order valence-electron chi connectivity index (χ2n) is 8.87. The van der Waals surface area contributed by atoms with Crippen LogP contribution >= 0.6 is 0 Å². The van der Waals surface area contributed by atoms with E-state index < -0.39 is 0 Å². The van der Waals surface area contributed by atoms with Gasteiger partial charge in [0.25, 0.3) is 5.91 Å². The smallest absolute Gasteiger partial charge is 0.251 e. The largest absolute Gasteiger partial charge is 0.489 e. The van der Waals surface area contributed by atoms with Crippen molar-refractivity contribution >= 4 is 11.7 Å². The van der Waals surface area contributed by atoms with Crippen LogP contribution in [0.25, 0.3) is 0 Å². The van der Waals surface area contributed by atoms with Crippen LogP contribution in [0, 0.1) is 13.8 Å². The van der Waals surface area contributed by atoms with E-state index in [2.05, 4.69) is 5.32 Å². The quantitative estimate of drug-likeness (QED) is 0.322. The number of rotatable bonds is 9. The first kappa shape index (κ1) is 24.9. The van der Waals surface area contributed by atoms with Gasteiger partial charge in [0, 0.05) is 35.9 Å². The molecule has 0 radical (unpaired) electrons. The topological polar surface area (TPSA) is 73.2 Å². The summed E-state index contributed by atoms with van der Waals surface area (Å²) in [6.07, 6.45) is 0.280. The number of carbonyl (C=O) groups is 2. The summed E-state index contributed by atoms with van der Waals surface area (Å²) in [4.78, 5) is 25.1. The number of amides is 1. The van der Waals surface area contributed by atoms with Crippen LogP contribution in [-0.2, 0) is 13.0 Å². The average molecular weight is 482 g/mol. The highest BCUT2D eigenvalue weighted by atomic mass is 16.5. The maximum atomic E-state index is 13.1. The Balaban J connectivity index is 1.46. The summed E-state index contributed by atoms with van der Waals surface area (Å²) < 4.78 is 7.73. The monoisotopic (exact) mass is 481 g/mol. The Bertz CT molecular complexity index is 1360. The minimum Gasteiger partial charge on any atom is -0.489 e. The lowest BCUT2D eigenvalue weighted by atomic mass is 10.0. The van der Waals surface area contributed by atoms with Crippen molar-refractivity contribution in [3.8, 4) is 5.75 Å². The number of ketones is 1. The van der Waals surface area contributed by atoms with Crippen LogP contribution in [0.2, 0.25) is 0 Å². The molecule has 6 nitrogen and oxygen atoms in total. The zero-order valence-electron chi connectivity index (χ0n) is 21.1. The molecule has 0 spiro atoms. The number of aryl methyl sites for hydroxylation is 1. The van der Waals surface area contributed by atoms with Crippen molar-refractivity contribution in [1.82, 2.24) is 15.1 Å². The molecule has 4 rings (SSSR count). The van der Waals surface area contributed by atoms with Gasteiger partial charge < -0.3 is 10.1 Å². The van der Waals surface area contributed by atoms with Crippen molar-refractivity contribution in [2.75, 3.05) is 7.05 Å². The number of hydrogen-bond donors (Lipinski definition) is 1. The molecule has 0 aliphatic heterocycles. The first-order valence-electron chi connectivity index (χ1n) is 12.0. The summed E-state index contributed by atoms with van der Waals surface area (Å²) in [5.74, 6) is 0.738. The number of aromatic nitrogens is 2. The predicted molar refractivity (Wildman–Crippen MR) is 141 cm³/mol. The summed E-state index contributed by atoms with van der Waals surface area (Å²) in [6.45, 7) is 6.42. The van der Waals surface area contributed by atoms with Crippen molar-refractivity contribution in [2.24, 2.45) is 0 Å². The Morgan fingerprint density at radius 1 is 0.944 bits per heavy atom. The molecule has 1 amide bonds. The summed E-state index contributed by atoms with van der Waals surface area (Å²) in [7, 11) is 1.62. The van der Waals surface area contributed by atoms with Crippen molar-refractivity contribution in [1.29, 1.82) is 0 Å². The molecule has 0 aliphatic rings. The van der Waals surface area contributed by atoms with Crippen molar-refractivity contribution in [3.63, 3.8) is 0 Å². The third-order valence-electron chi connectivity index (χ3n) is 6.46. The van der Waals surface area contributed by atoms with E-state index in [1.54, 1.807) is 13.1 Å². The lowest BCUT2D eigenvalue weighted by Crippen LogP contribution is -2.18. The molecule has 1 aromatic heterocycles. The number of nitrogens with zero attached hydrogens (tertiary/aromatic N) is 2. The van der Waals surface area contributed by atoms with Crippen LogP contribution in [0.3, 0.4) is 0 Å². The molecule has 4 aromatic rings. The number of benzene rings is 3. The number of carbonyl (C=O) groups excluding carboxylic acids is 2. The van der Waals surface area contributed by atoms with Crippen LogP contribution < -0.4 is 10.1 Å². The molecule has 0 fully saturated rings. The lowest BCUT2D eigenvalue weighted by Gasteiger charge is -2.16. The average Bonchev–Trinajstić information content (AvgIpc) is 3.20. The van der Waals surface area contributed by atoms with E-state index >= 15 is 0 Å². The zero-order valence-corrected chi connectivity index (χ0v) is 21.1. The van der Waals surface area contributed by atoms with E-state index in [9.17, 15) is 9.59 Å². The van der Waals surface area contributed by atoms with Crippen molar-refractivity contribution in [2.45, 2.75) is 39.8 Å². The molecule has 1 unspecified atom stereocenters. The van der Waals surface area contributed by atoms with E-state index in [-0.39, 0.29) is 24.2 Å². The van der Waals surface area contributed by atoms with Gasteiger partial charge in [0.2, 0.25) is 0 Å². The van der Waals surface area contributed by atoms with Gasteiger partial charge in [-0.3, -0.25) is 14.3 Å². The summed E-state index contributed by atoms with van der Waals surface area (Å²) in [6, 6.07) is 24.7. The number of Topliss-reactive ketones (excluding diaryl/α,β-unsaturated/α-hetero) is 1. The Morgan fingerprint density at radius 3 is 2.36 bits per heavy atom.